The van der Waals surface area contributed by atoms with E-state index in [1.807, 2.05) is 0 Å². The molecule has 0 radical (unpaired) electrons. The molecule has 0 saturated heterocycles. The minimum absolute atomic E-state index is 0. The number of thiazole rings is 1. The summed E-state index contributed by atoms with van der Waals surface area (Å²) in [7, 11) is 1.48. The molecule has 2 aromatic heterocycles. The van der Waals surface area contributed by atoms with Gasteiger partial charge >= 0.3 is 0 Å². The summed E-state index contributed by atoms with van der Waals surface area (Å²) < 4.78 is 4.79. The predicted molar refractivity (Wildman–Crippen MR) is 74.8 cm³/mol. The monoisotopic (exact) mass is 281 g/mol. The molecule has 0 aromatic carbocycles. The molecule has 0 saturated carbocycles. The van der Waals surface area contributed by atoms with E-state index in [-0.39, 0.29) is 7.43 Å². The third-order valence-corrected chi connectivity index (χ3v) is 2.53. The zero-order chi connectivity index (χ0) is 13.4. The molecule has 19 heavy (non-hydrogen) atoms. The Balaban J connectivity index is 0.000000331. The summed E-state index contributed by atoms with van der Waals surface area (Å²) >= 11 is 1.19. The number of aromatic nitrogens is 2. The maximum absolute atomic E-state index is 10.3. The van der Waals surface area contributed by atoms with Crippen LogP contribution in [0.4, 0.5) is 5.13 Å². The number of ether oxygens (including phenoxy) is 1. The number of nitrogens with zero attached hydrogens (tertiary/aromatic N) is 2. The van der Waals surface area contributed by atoms with Gasteiger partial charge in [-0.05, 0) is 12.1 Å². The zero-order valence-corrected chi connectivity index (χ0v) is 10.4. The fourth-order valence-corrected chi connectivity index (χ4v) is 1.52. The minimum atomic E-state index is 0. The van der Waals surface area contributed by atoms with Crippen molar-refractivity contribution in [2.45, 2.75) is 7.43 Å². The summed E-state index contributed by atoms with van der Waals surface area (Å²) in [4.78, 5) is 28.2. The Kier molecular flexibility index (Phi) is 7.71. The first kappa shape index (κ1) is 16.7. The Labute approximate surface area is 115 Å². The Morgan fingerprint density at radius 3 is 2.42 bits per heavy atom. The number of methoxy groups -OCH3 is 1. The van der Waals surface area contributed by atoms with E-state index in [9.17, 15) is 9.59 Å². The van der Waals surface area contributed by atoms with Crippen molar-refractivity contribution in [2.24, 2.45) is 0 Å². The lowest BCUT2D eigenvalue weighted by Crippen LogP contribution is -1.91. The van der Waals surface area contributed by atoms with Crippen LogP contribution in [0.15, 0.2) is 24.5 Å². The fourth-order valence-electron chi connectivity index (χ4n) is 1.02. The standard InChI is InChI=1S/C7H7NO2.C4H4N2OS.CH4/c1-10-7-6(5-9)3-2-4-8-7;5-4-6-1-3(2-7)8-4;/h2-5H,1H3;1-2H,(H2,5,6);1H4. The number of nitrogens with two attached hydrogens (primary N) is 1. The van der Waals surface area contributed by atoms with Gasteiger partial charge in [0.25, 0.3) is 0 Å². The summed E-state index contributed by atoms with van der Waals surface area (Å²) in [5.41, 5.74) is 5.68. The largest absolute Gasteiger partial charge is 0.480 e. The molecule has 0 unspecified atom stereocenters. The van der Waals surface area contributed by atoms with Gasteiger partial charge in [0.2, 0.25) is 5.88 Å². The SMILES string of the molecule is C.COc1ncccc1C=O.Nc1ncc(C=O)s1. The van der Waals surface area contributed by atoms with Crippen molar-refractivity contribution < 1.29 is 14.3 Å². The Morgan fingerprint density at radius 1 is 1.32 bits per heavy atom. The van der Waals surface area contributed by atoms with Crippen LogP contribution >= 0.6 is 11.3 Å². The van der Waals surface area contributed by atoms with Gasteiger partial charge in [0.15, 0.2) is 17.7 Å². The number of anilines is 1. The maximum atomic E-state index is 10.3. The van der Waals surface area contributed by atoms with Crippen molar-refractivity contribution >= 4 is 29.0 Å². The van der Waals surface area contributed by atoms with Crippen molar-refractivity contribution in [1.82, 2.24) is 9.97 Å². The minimum Gasteiger partial charge on any atom is -0.480 e. The van der Waals surface area contributed by atoms with Gasteiger partial charge in [-0.25, -0.2) is 9.97 Å². The van der Waals surface area contributed by atoms with Crippen LogP contribution in [0, 0.1) is 0 Å². The second-order valence-corrected chi connectivity index (χ2v) is 4.03. The smallest absolute Gasteiger partial charge is 0.223 e. The van der Waals surface area contributed by atoms with E-state index in [0.717, 1.165) is 6.29 Å². The van der Waals surface area contributed by atoms with Crippen LogP contribution in [-0.4, -0.2) is 29.7 Å². The highest BCUT2D eigenvalue weighted by molar-refractivity contribution is 7.16. The Hall–Kier alpha value is -2.28. The summed E-state index contributed by atoms with van der Waals surface area (Å²) in [5.74, 6) is 0.373. The zero-order valence-electron chi connectivity index (χ0n) is 9.57. The Morgan fingerprint density at radius 2 is 2.05 bits per heavy atom. The molecule has 2 rings (SSSR count). The lowest BCUT2D eigenvalue weighted by atomic mass is 10.3. The molecule has 2 heterocycles. The number of hydrogen-bond acceptors (Lipinski definition) is 7. The number of carbonyl (C=O) groups is 2. The highest BCUT2D eigenvalue weighted by Crippen LogP contribution is 2.10. The van der Waals surface area contributed by atoms with Crippen LogP contribution in [-0.2, 0) is 0 Å². The van der Waals surface area contributed by atoms with Gasteiger partial charge < -0.3 is 10.5 Å². The summed E-state index contributed by atoms with van der Waals surface area (Å²) in [6.45, 7) is 0. The molecule has 2 N–H and O–H groups in total. The number of aldehydes is 2. The molecular weight excluding hydrogens is 266 g/mol. The lowest BCUT2D eigenvalue weighted by molar-refractivity contribution is 0.111. The van der Waals surface area contributed by atoms with Crippen LogP contribution in [0.3, 0.4) is 0 Å². The lowest BCUT2D eigenvalue weighted by Gasteiger charge is -1.98. The molecule has 0 aliphatic heterocycles. The first-order valence-electron chi connectivity index (χ1n) is 4.82. The number of nitrogen functional groups attached to an aromatic ring is 1. The van der Waals surface area contributed by atoms with Gasteiger partial charge in [-0.3, -0.25) is 9.59 Å². The van der Waals surface area contributed by atoms with E-state index < -0.39 is 0 Å². The summed E-state index contributed by atoms with van der Waals surface area (Å²) in [5, 5.41) is 0.437. The van der Waals surface area contributed by atoms with Gasteiger partial charge in [0.1, 0.15) is 0 Å². The molecule has 0 amide bonds. The third kappa shape index (κ3) is 5.26. The van der Waals surface area contributed by atoms with Gasteiger partial charge in [-0.1, -0.05) is 18.8 Å². The number of pyridine rings is 1. The van der Waals surface area contributed by atoms with Crippen molar-refractivity contribution in [3.63, 3.8) is 0 Å². The molecule has 7 heteroatoms. The first-order chi connectivity index (χ1) is 8.71. The van der Waals surface area contributed by atoms with Crippen LogP contribution in [0.2, 0.25) is 0 Å². The topological polar surface area (TPSA) is 95.2 Å². The number of hydrogen-bond donors (Lipinski definition) is 1. The fraction of sp³-hybridized carbons (Fsp3) is 0.167. The molecule has 0 bridgehead atoms. The van der Waals surface area contributed by atoms with Gasteiger partial charge in [0, 0.05) is 6.20 Å². The van der Waals surface area contributed by atoms with E-state index in [1.54, 1.807) is 18.3 Å². The van der Waals surface area contributed by atoms with E-state index in [2.05, 4.69) is 9.97 Å². The van der Waals surface area contributed by atoms with Crippen LogP contribution < -0.4 is 10.5 Å². The van der Waals surface area contributed by atoms with Crippen LogP contribution in [0.5, 0.6) is 5.88 Å². The quantitative estimate of drug-likeness (QED) is 0.865. The predicted octanol–water partition coefficient (Wildman–Crippen LogP) is 2.08. The van der Waals surface area contributed by atoms with E-state index >= 15 is 0 Å². The molecule has 0 spiro atoms. The average Bonchev–Trinajstić information content (AvgIpc) is 2.85. The van der Waals surface area contributed by atoms with Gasteiger partial charge in [-0.15, -0.1) is 0 Å². The molecular formula is C12H15N3O3S. The normalized spacial score (nSPS) is 8.47. The second kappa shape index (κ2) is 8.76. The van der Waals surface area contributed by atoms with Gasteiger partial charge in [-0.2, -0.15) is 0 Å². The summed E-state index contributed by atoms with van der Waals surface area (Å²) in [6, 6.07) is 3.34. The van der Waals surface area contributed by atoms with Crippen molar-refractivity contribution in [2.75, 3.05) is 12.8 Å². The molecule has 0 fully saturated rings. The van der Waals surface area contributed by atoms with E-state index in [1.165, 1.54) is 24.6 Å². The second-order valence-electron chi connectivity index (χ2n) is 2.94. The number of carbonyl (C=O) groups excluding carboxylic acids is 2. The maximum Gasteiger partial charge on any atom is 0.223 e. The average molecular weight is 281 g/mol. The highest BCUT2D eigenvalue weighted by atomic mass is 32.1. The van der Waals surface area contributed by atoms with Gasteiger partial charge in [0.05, 0.1) is 23.7 Å². The van der Waals surface area contributed by atoms with Crippen LogP contribution in [0.25, 0.3) is 0 Å². The highest BCUT2D eigenvalue weighted by Gasteiger charge is 1.98. The molecule has 0 atom stereocenters. The van der Waals surface area contributed by atoms with Crippen molar-refractivity contribution in [3.05, 3.63) is 35.0 Å². The van der Waals surface area contributed by atoms with E-state index in [4.69, 9.17) is 10.5 Å². The summed E-state index contributed by atoms with van der Waals surface area (Å²) in [6.07, 6.45) is 4.47. The van der Waals surface area contributed by atoms with Crippen molar-refractivity contribution in [3.8, 4) is 5.88 Å². The molecule has 0 aliphatic carbocycles. The number of rotatable bonds is 3. The molecule has 6 nitrogen and oxygen atoms in total. The van der Waals surface area contributed by atoms with E-state index in [0.29, 0.717) is 27.7 Å². The van der Waals surface area contributed by atoms with Crippen molar-refractivity contribution in [1.29, 1.82) is 0 Å². The molecule has 2 aromatic rings. The Bertz CT molecular complexity index is 528. The third-order valence-electron chi connectivity index (χ3n) is 1.78. The molecule has 0 aliphatic rings. The van der Waals surface area contributed by atoms with Crippen LogP contribution in [0.1, 0.15) is 27.5 Å². The molecule has 102 valence electrons. The first-order valence-corrected chi connectivity index (χ1v) is 5.63.